The highest BCUT2D eigenvalue weighted by Gasteiger charge is 2.11. The van der Waals surface area contributed by atoms with E-state index in [-0.39, 0.29) is 0 Å². The van der Waals surface area contributed by atoms with Gasteiger partial charge >= 0.3 is 0 Å². The van der Waals surface area contributed by atoms with Gasteiger partial charge in [0.2, 0.25) is 0 Å². The lowest BCUT2D eigenvalue weighted by atomic mass is 10.1. The topological polar surface area (TPSA) is 12.5 Å². The highest BCUT2D eigenvalue weighted by atomic mass is 16.7. The Balaban J connectivity index is 1.79. The maximum absolute atomic E-state index is 5.87. The molecule has 0 amide bonds. The molecule has 0 spiro atoms. The van der Waals surface area contributed by atoms with E-state index < -0.39 is 0 Å². The first kappa shape index (κ1) is 13.4. The van der Waals surface area contributed by atoms with Gasteiger partial charge in [0, 0.05) is 13.1 Å². The van der Waals surface area contributed by atoms with Crippen molar-refractivity contribution in [3.63, 3.8) is 0 Å². The van der Waals surface area contributed by atoms with Gasteiger partial charge in [-0.25, -0.2) is 0 Å². The minimum atomic E-state index is 0.983. The van der Waals surface area contributed by atoms with E-state index in [0.717, 1.165) is 18.8 Å². The van der Waals surface area contributed by atoms with Gasteiger partial charge in [-0.15, -0.1) is 5.06 Å². The van der Waals surface area contributed by atoms with Crippen LogP contribution in [0.25, 0.3) is 0 Å². The molecule has 0 saturated carbocycles. The van der Waals surface area contributed by atoms with Crippen LogP contribution in [0.15, 0.2) is 24.3 Å². The molecule has 2 nitrogen and oxygen atoms in total. The van der Waals surface area contributed by atoms with Crippen molar-refractivity contribution in [1.29, 1.82) is 0 Å². The molecule has 1 aromatic carbocycles. The Bertz CT molecular complexity index is 327. The molecule has 0 bridgehead atoms. The van der Waals surface area contributed by atoms with Gasteiger partial charge < -0.3 is 4.84 Å². The van der Waals surface area contributed by atoms with Crippen LogP contribution in [0.5, 0.6) is 5.75 Å². The molecule has 2 heteroatoms. The minimum absolute atomic E-state index is 0.983. The monoisotopic (exact) mass is 247 g/mol. The zero-order chi connectivity index (χ0) is 12.6. The second-order valence-corrected chi connectivity index (χ2v) is 5.18. The molecule has 1 fully saturated rings. The standard InChI is InChI=1S/C16H25NO/c1-2-3-5-8-15-9-11-16(12-10-15)18-17-13-6-4-7-14-17/h9-12H,2-8,13-14H2,1H3. The lowest BCUT2D eigenvalue weighted by Crippen LogP contribution is -2.32. The SMILES string of the molecule is CCCCCc1ccc(ON2CCCCC2)cc1. The molecule has 0 radical (unpaired) electrons. The van der Waals surface area contributed by atoms with Crippen molar-refractivity contribution in [2.75, 3.05) is 13.1 Å². The molecule has 1 aliphatic rings. The molecular weight excluding hydrogens is 222 g/mol. The Morgan fingerprint density at radius 1 is 1.00 bits per heavy atom. The van der Waals surface area contributed by atoms with E-state index in [1.165, 1.54) is 50.5 Å². The molecular formula is C16H25NO. The maximum Gasteiger partial charge on any atom is 0.147 e. The zero-order valence-corrected chi connectivity index (χ0v) is 11.5. The molecule has 100 valence electrons. The summed E-state index contributed by atoms with van der Waals surface area (Å²) in [5, 5.41) is 2.09. The second kappa shape index (κ2) is 7.42. The number of hydroxylamine groups is 2. The summed E-state index contributed by atoms with van der Waals surface area (Å²) in [5.74, 6) is 0.983. The molecule has 2 rings (SSSR count). The largest absolute Gasteiger partial charge is 0.406 e. The zero-order valence-electron chi connectivity index (χ0n) is 11.5. The minimum Gasteiger partial charge on any atom is -0.406 e. The van der Waals surface area contributed by atoms with E-state index in [9.17, 15) is 0 Å². The van der Waals surface area contributed by atoms with Gasteiger partial charge in [-0.1, -0.05) is 38.3 Å². The summed E-state index contributed by atoms with van der Waals surface area (Å²) >= 11 is 0. The number of rotatable bonds is 6. The van der Waals surface area contributed by atoms with E-state index in [1.807, 2.05) is 0 Å². The number of unbranched alkanes of at least 4 members (excludes halogenated alkanes) is 2. The van der Waals surface area contributed by atoms with Crippen LogP contribution in [0.2, 0.25) is 0 Å². The lowest BCUT2D eigenvalue weighted by molar-refractivity contribution is -0.0720. The van der Waals surface area contributed by atoms with Crippen LogP contribution in [0.3, 0.4) is 0 Å². The molecule has 0 unspecified atom stereocenters. The van der Waals surface area contributed by atoms with Gasteiger partial charge in [0.15, 0.2) is 0 Å². The van der Waals surface area contributed by atoms with Crippen LogP contribution in [-0.2, 0) is 6.42 Å². The third kappa shape index (κ3) is 4.34. The fourth-order valence-electron chi connectivity index (χ4n) is 2.40. The van der Waals surface area contributed by atoms with Gasteiger partial charge in [-0.3, -0.25) is 0 Å². The third-order valence-electron chi connectivity index (χ3n) is 3.54. The van der Waals surface area contributed by atoms with Crippen LogP contribution < -0.4 is 4.84 Å². The predicted octanol–water partition coefficient (Wildman–Crippen LogP) is 4.20. The van der Waals surface area contributed by atoms with Crippen LogP contribution in [0.1, 0.15) is 51.0 Å². The van der Waals surface area contributed by atoms with Gasteiger partial charge in [0.05, 0.1) is 0 Å². The van der Waals surface area contributed by atoms with E-state index in [1.54, 1.807) is 0 Å². The normalized spacial score (nSPS) is 16.7. The van der Waals surface area contributed by atoms with Crippen molar-refractivity contribution in [1.82, 2.24) is 5.06 Å². The smallest absolute Gasteiger partial charge is 0.147 e. The van der Waals surface area contributed by atoms with E-state index in [2.05, 4.69) is 36.3 Å². The van der Waals surface area contributed by atoms with E-state index in [4.69, 9.17) is 4.84 Å². The second-order valence-electron chi connectivity index (χ2n) is 5.18. The van der Waals surface area contributed by atoms with Crippen molar-refractivity contribution < 1.29 is 4.84 Å². The van der Waals surface area contributed by atoms with Gasteiger partial charge in [0.1, 0.15) is 5.75 Å². The van der Waals surface area contributed by atoms with Crippen LogP contribution in [0.4, 0.5) is 0 Å². The van der Waals surface area contributed by atoms with Gasteiger partial charge in [0.25, 0.3) is 0 Å². The van der Waals surface area contributed by atoms with Crippen LogP contribution >= 0.6 is 0 Å². The molecule has 1 aliphatic heterocycles. The Kier molecular flexibility index (Phi) is 5.53. The molecule has 18 heavy (non-hydrogen) atoms. The van der Waals surface area contributed by atoms with Crippen LogP contribution in [0, 0.1) is 0 Å². The fourth-order valence-corrected chi connectivity index (χ4v) is 2.40. The molecule has 1 heterocycles. The Morgan fingerprint density at radius 2 is 1.72 bits per heavy atom. The summed E-state index contributed by atoms with van der Waals surface area (Å²) in [6.07, 6.45) is 8.96. The average molecular weight is 247 g/mol. The van der Waals surface area contributed by atoms with Crippen molar-refractivity contribution >= 4 is 0 Å². The van der Waals surface area contributed by atoms with Crippen molar-refractivity contribution in [3.8, 4) is 5.75 Å². The summed E-state index contributed by atoms with van der Waals surface area (Å²) in [6, 6.07) is 8.62. The average Bonchev–Trinajstić information content (AvgIpc) is 2.42. The number of aryl methyl sites for hydroxylation is 1. The van der Waals surface area contributed by atoms with Crippen LogP contribution in [-0.4, -0.2) is 18.2 Å². The van der Waals surface area contributed by atoms with Crippen molar-refractivity contribution in [2.45, 2.75) is 51.9 Å². The quantitative estimate of drug-likeness (QED) is 0.699. The highest BCUT2D eigenvalue weighted by molar-refractivity contribution is 5.27. The molecule has 0 aromatic heterocycles. The highest BCUT2D eigenvalue weighted by Crippen LogP contribution is 2.17. The fraction of sp³-hybridized carbons (Fsp3) is 0.625. The summed E-state index contributed by atoms with van der Waals surface area (Å²) < 4.78 is 0. The maximum atomic E-state index is 5.87. The first-order chi connectivity index (χ1) is 8.88. The first-order valence-electron chi connectivity index (χ1n) is 7.40. The Hall–Kier alpha value is -1.02. The molecule has 1 aromatic rings. The number of piperidine rings is 1. The first-order valence-corrected chi connectivity index (χ1v) is 7.40. The number of benzene rings is 1. The lowest BCUT2D eigenvalue weighted by Gasteiger charge is -2.26. The van der Waals surface area contributed by atoms with Crippen molar-refractivity contribution in [2.24, 2.45) is 0 Å². The number of nitrogens with zero attached hydrogens (tertiary/aromatic N) is 1. The molecule has 1 saturated heterocycles. The number of hydrogen-bond acceptors (Lipinski definition) is 2. The molecule has 0 aliphatic carbocycles. The van der Waals surface area contributed by atoms with Crippen molar-refractivity contribution in [3.05, 3.63) is 29.8 Å². The van der Waals surface area contributed by atoms with Gasteiger partial charge in [-0.2, -0.15) is 0 Å². The van der Waals surface area contributed by atoms with Gasteiger partial charge in [-0.05, 0) is 43.4 Å². The predicted molar refractivity (Wildman–Crippen MR) is 75.7 cm³/mol. The number of hydrogen-bond donors (Lipinski definition) is 0. The molecule has 0 atom stereocenters. The summed E-state index contributed by atoms with van der Waals surface area (Å²) in [6.45, 7) is 4.38. The Morgan fingerprint density at radius 3 is 2.39 bits per heavy atom. The summed E-state index contributed by atoms with van der Waals surface area (Å²) in [7, 11) is 0. The van der Waals surface area contributed by atoms with E-state index >= 15 is 0 Å². The Labute approximate surface area is 111 Å². The third-order valence-corrected chi connectivity index (χ3v) is 3.54. The molecule has 0 N–H and O–H groups in total. The summed E-state index contributed by atoms with van der Waals surface area (Å²) in [4.78, 5) is 5.87. The van der Waals surface area contributed by atoms with E-state index in [0.29, 0.717) is 0 Å². The summed E-state index contributed by atoms with van der Waals surface area (Å²) in [5.41, 5.74) is 1.43.